The Morgan fingerprint density at radius 2 is 2.42 bits per heavy atom. The summed E-state index contributed by atoms with van der Waals surface area (Å²) in [4.78, 5) is 20.9. The second-order valence-corrected chi connectivity index (χ2v) is 2.21. The molecule has 64 valence electrons. The van der Waals surface area contributed by atoms with Crippen molar-refractivity contribution < 1.29 is 4.79 Å². The lowest BCUT2D eigenvalue weighted by atomic mass is 10.2. The number of hydrogen-bond donors (Lipinski definition) is 2. The van der Waals surface area contributed by atoms with Gasteiger partial charge in [0.2, 0.25) is 0 Å². The fourth-order valence-corrected chi connectivity index (χ4v) is 0.889. The van der Waals surface area contributed by atoms with E-state index in [-0.39, 0.29) is 11.4 Å². The van der Waals surface area contributed by atoms with Crippen molar-refractivity contribution >= 4 is 11.6 Å². The van der Waals surface area contributed by atoms with Gasteiger partial charge in [-0.1, -0.05) is 6.92 Å². The maximum absolute atomic E-state index is 10.7. The number of rotatable bonds is 3. The molecule has 0 saturated carbocycles. The molecule has 0 aliphatic rings. The van der Waals surface area contributed by atoms with Gasteiger partial charge >= 0.3 is 0 Å². The summed E-state index contributed by atoms with van der Waals surface area (Å²) in [5.41, 5.74) is 5.39. The number of aromatic amines is 1. The van der Waals surface area contributed by atoms with E-state index in [0.29, 0.717) is 12.1 Å². The summed E-state index contributed by atoms with van der Waals surface area (Å²) in [7, 11) is 0. The van der Waals surface area contributed by atoms with E-state index in [9.17, 15) is 9.70 Å². The maximum Gasteiger partial charge on any atom is 0.271 e. The number of amides is 1. The van der Waals surface area contributed by atoms with Gasteiger partial charge in [-0.05, 0) is 11.6 Å². The molecule has 1 amide bonds. The minimum Gasteiger partial charge on any atom is -0.364 e. The number of carbonyl (C=O) groups is 1. The van der Waals surface area contributed by atoms with E-state index in [2.05, 4.69) is 15.4 Å². The van der Waals surface area contributed by atoms with Crippen LogP contribution in [0.2, 0.25) is 0 Å². The van der Waals surface area contributed by atoms with Gasteiger partial charge in [0.05, 0.1) is 5.69 Å². The van der Waals surface area contributed by atoms with Gasteiger partial charge in [-0.3, -0.25) is 9.89 Å². The minimum absolute atomic E-state index is 0.0185. The van der Waals surface area contributed by atoms with E-state index in [1.165, 1.54) is 0 Å². The third-order valence-electron chi connectivity index (χ3n) is 1.49. The fourth-order valence-electron chi connectivity index (χ4n) is 0.889. The van der Waals surface area contributed by atoms with Crippen molar-refractivity contribution in [3.63, 3.8) is 0 Å². The molecular formula is C6H8N4O2. The Labute approximate surface area is 68.1 Å². The van der Waals surface area contributed by atoms with E-state index in [1.807, 2.05) is 6.92 Å². The number of aromatic nitrogens is 2. The second-order valence-electron chi connectivity index (χ2n) is 2.21. The minimum atomic E-state index is -0.749. The van der Waals surface area contributed by atoms with E-state index in [0.717, 1.165) is 0 Å². The number of hydrogen-bond acceptors (Lipinski definition) is 4. The molecule has 0 spiro atoms. The number of H-pyrrole nitrogens is 1. The number of nitrogens with zero attached hydrogens (tertiary/aromatic N) is 2. The molecule has 0 aliphatic carbocycles. The van der Waals surface area contributed by atoms with Crippen LogP contribution in [-0.4, -0.2) is 16.1 Å². The zero-order valence-corrected chi connectivity index (χ0v) is 6.50. The lowest BCUT2D eigenvalue weighted by Gasteiger charge is -1.89. The summed E-state index contributed by atoms with van der Waals surface area (Å²) in [6.45, 7) is 1.81. The molecule has 0 atom stereocenters. The average molecular weight is 168 g/mol. The molecule has 6 heteroatoms. The molecule has 1 rings (SSSR count). The van der Waals surface area contributed by atoms with Gasteiger partial charge in [0.15, 0.2) is 11.4 Å². The molecule has 0 aromatic carbocycles. The first kappa shape index (κ1) is 8.38. The summed E-state index contributed by atoms with van der Waals surface area (Å²) in [5.74, 6) is -0.749. The van der Waals surface area contributed by atoms with Crippen LogP contribution in [0.4, 0.5) is 5.69 Å². The maximum atomic E-state index is 10.7. The average Bonchev–Trinajstić information content (AvgIpc) is 2.46. The van der Waals surface area contributed by atoms with E-state index >= 15 is 0 Å². The molecule has 1 heterocycles. The van der Waals surface area contributed by atoms with Gasteiger partial charge in [-0.25, -0.2) is 0 Å². The van der Waals surface area contributed by atoms with Crippen molar-refractivity contribution in [1.82, 2.24) is 10.2 Å². The number of nitrogens with two attached hydrogens (primary N) is 1. The van der Waals surface area contributed by atoms with Crippen molar-refractivity contribution in [2.75, 3.05) is 0 Å². The molecule has 0 saturated heterocycles. The lowest BCUT2D eigenvalue weighted by molar-refractivity contribution is 0.0996. The van der Waals surface area contributed by atoms with Crippen molar-refractivity contribution in [2.45, 2.75) is 13.3 Å². The monoisotopic (exact) mass is 168 g/mol. The van der Waals surface area contributed by atoms with Crippen molar-refractivity contribution in [3.8, 4) is 0 Å². The normalized spacial score (nSPS) is 9.75. The highest BCUT2D eigenvalue weighted by Crippen LogP contribution is 2.21. The molecule has 0 fully saturated rings. The van der Waals surface area contributed by atoms with Crippen LogP contribution < -0.4 is 5.73 Å². The summed E-state index contributed by atoms with van der Waals surface area (Å²) in [6, 6.07) is 0. The summed E-state index contributed by atoms with van der Waals surface area (Å²) < 4.78 is 0. The predicted octanol–water partition coefficient (Wildman–Crippen LogP) is 0.469. The van der Waals surface area contributed by atoms with Crippen LogP contribution in [-0.2, 0) is 6.42 Å². The van der Waals surface area contributed by atoms with E-state index < -0.39 is 5.91 Å². The Bertz CT molecular complexity index is 317. The first-order valence-electron chi connectivity index (χ1n) is 3.41. The molecule has 1 aromatic rings. The fraction of sp³-hybridized carbons (Fsp3) is 0.333. The Kier molecular flexibility index (Phi) is 2.18. The topological polar surface area (TPSA) is 101 Å². The summed E-state index contributed by atoms with van der Waals surface area (Å²) >= 11 is 0. The Hall–Kier alpha value is -1.72. The molecule has 0 bridgehead atoms. The Morgan fingerprint density at radius 3 is 2.83 bits per heavy atom. The quantitative estimate of drug-likeness (QED) is 0.641. The number of nitrogens with one attached hydrogen (secondary N) is 1. The van der Waals surface area contributed by atoms with Crippen LogP contribution in [0.3, 0.4) is 0 Å². The molecule has 1 aromatic heterocycles. The van der Waals surface area contributed by atoms with Crippen LogP contribution in [0.1, 0.15) is 23.1 Å². The Morgan fingerprint density at radius 1 is 1.75 bits per heavy atom. The third kappa shape index (κ3) is 1.18. The highest BCUT2D eigenvalue weighted by Gasteiger charge is 2.16. The number of primary amides is 1. The van der Waals surface area contributed by atoms with Gasteiger partial charge in [-0.2, -0.15) is 5.10 Å². The first-order chi connectivity index (χ1) is 5.70. The van der Waals surface area contributed by atoms with Crippen LogP contribution in [0.15, 0.2) is 5.18 Å². The van der Waals surface area contributed by atoms with Crippen molar-refractivity contribution in [3.05, 3.63) is 16.3 Å². The predicted molar refractivity (Wildman–Crippen MR) is 41.9 cm³/mol. The van der Waals surface area contributed by atoms with Crippen molar-refractivity contribution in [1.29, 1.82) is 0 Å². The van der Waals surface area contributed by atoms with Gasteiger partial charge in [0.1, 0.15) is 0 Å². The molecule has 3 N–H and O–H groups in total. The van der Waals surface area contributed by atoms with E-state index in [4.69, 9.17) is 5.73 Å². The lowest BCUT2D eigenvalue weighted by Crippen LogP contribution is -2.11. The van der Waals surface area contributed by atoms with Gasteiger partial charge in [0.25, 0.3) is 5.91 Å². The smallest absolute Gasteiger partial charge is 0.271 e. The first-order valence-corrected chi connectivity index (χ1v) is 3.41. The third-order valence-corrected chi connectivity index (χ3v) is 1.49. The molecule has 0 aliphatic heterocycles. The molecule has 0 radical (unpaired) electrons. The van der Waals surface area contributed by atoms with Crippen LogP contribution in [0.5, 0.6) is 0 Å². The SMILES string of the molecule is CCc1[nH]nc(C(N)=O)c1N=O. The summed E-state index contributed by atoms with van der Waals surface area (Å²) in [5, 5.41) is 8.75. The number of nitroso groups, excluding NO2 is 1. The van der Waals surface area contributed by atoms with Gasteiger partial charge in [0, 0.05) is 0 Å². The summed E-state index contributed by atoms with van der Waals surface area (Å²) in [6.07, 6.45) is 0.557. The molecular weight excluding hydrogens is 160 g/mol. The van der Waals surface area contributed by atoms with E-state index in [1.54, 1.807) is 0 Å². The highest BCUT2D eigenvalue weighted by molar-refractivity contribution is 5.96. The second kappa shape index (κ2) is 3.12. The Balaban J connectivity index is 3.22. The van der Waals surface area contributed by atoms with Crippen molar-refractivity contribution in [2.24, 2.45) is 10.9 Å². The zero-order valence-electron chi connectivity index (χ0n) is 6.50. The van der Waals surface area contributed by atoms with Gasteiger partial charge < -0.3 is 5.73 Å². The molecule has 6 nitrogen and oxygen atoms in total. The highest BCUT2D eigenvalue weighted by atomic mass is 16.3. The van der Waals surface area contributed by atoms with Crippen LogP contribution in [0.25, 0.3) is 0 Å². The number of aryl methyl sites for hydroxylation is 1. The largest absolute Gasteiger partial charge is 0.364 e. The van der Waals surface area contributed by atoms with Crippen LogP contribution >= 0.6 is 0 Å². The van der Waals surface area contributed by atoms with Crippen LogP contribution in [0, 0.1) is 4.91 Å². The van der Waals surface area contributed by atoms with Gasteiger partial charge in [-0.15, -0.1) is 4.91 Å². The zero-order chi connectivity index (χ0) is 9.14. The number of carbonyl (C=O) groups excluding carboxylic acids is 1. The molecule has 0 unspecified atom stereocenters. The molecule has 12 heavy (non-hydrogen) atoms. The standard InChI is InChI=1S/C6H8N4O2/c1-2-3-4(10-12)5(6(7)11)9-8-3/h2H2,1H3,(H2,7,11)(H,8,9).